The molecule has 0 amide bonds. The Morgan fingerprint density at radius 2 is 1.97 bits per heavy atom. The van der Waals surface area contributed by atoms with Crippen molar-refractivity contribution in [2.24, 2.45) is 0 Å². The number of aromatic nitrogens is 1. The van der Waals surface area contributed by atoms with Crippen LogP contribution in [0.3, 0.4) is 0 Å². The number of carboxylic acid groups (broad SMARTS) is 1. The zero-order valence-corrected chi connectivity index (χ0v) is 20.8. The van der Waals surface area contributed by atoms with Gasteiger partial charge in [-0.15, -0.1) is 0 Å². The maximum Gasteiger partial charge on any atom is 0.335 e. The van der Waals surface area contributed by atoms with E-state index in [0.29, 0.717) is 33.8 Å². The predicted molar refractivity (Wildman–Crippen MR) is 142 cm³/mol. The summed E-state index contributed by atoms with van der Waals surface area (Å²) in [5.74, 6) is 0.813. The van der Waals surface area contributed by atoms with Crippen LogP contribution < -0.4 is 15.0 Å². The van der Waals surface area contributed by atoms with Crippen LogP contribution in [0.5, 0.6) is 5.75 Å². The van der Waals surface area contributed by atoms with Crippen molar-refractivity contribution < 1.29 is 19.1 Å². The number of carbonyl (C=O) groups is 1. The lowest BCUT2D eigenvalue weighted by molar-refractivity contribution is 0.0697. The number of nitrogens with one attached hydrogen (secondary N) is 1. The van der Waals surface area contributed by atoms with Crippen LogP contribution in [-0.2, 0) is 0 Å². The minimum absolute atomic E-state index is 0.124. The number of thiocarbonyl (C=S) groups is 1. The average Bonchev–Trinajstić information content (AvgIpc) is 3.50. The first-order chi connectivity index (χ1) is 17.5. The molecule has 182 valence electrons. The van der Waals surface area contributed by atoms with Crippen LogP contribution in [0.1, 0.15) is 40.8 Å². The van der Waals surface area contributed by atoms with Gasteiger partial charge in [0.1, 0.15) is 23.3 Å². The normalized spacial score (nSPS) is 17.2. The number of ether oxygens (including phenoxy) is 1. The number of benzene rings is 2. The van der Waals surface area contributed by atoms with Crippen LogP contribution in [0.25, 0.3) is 11.3 Å². The second-order valence-corrected chi connectivity index (χ2v) is 8.92. The van der Waals surface area contributed by atoms with E-state index in [4.69, 9.17) is 33.0 Å². The first kappa shape index (κ1) is 23.8. The van der Waals surface area contributed by atoms with Gasteiger partial charge in [0.05, 0.1) is 28.9 Å². The zero-order chi connectivity index (χ0) is 25.2. The largest absolute Gasteiger partial charge is 0.494 e. The van der Waals surface area contributed by atoms with Crippen molar-refractivity contribution >= 4 is 40.6 Å². The second-order valence-electron chi connectivity index (χ2n) is 8.13. The Bertz CT molecular complexity index is 1410. The predicted octanol–water partition coefficient (Wildman–Crippen LogP) is 6.27. The highest BCUT2D eigenvalue weighted by molar-refractivity contribution is 7.80. The lowest BCUT2D eigenvalue weighted by atomic mass is 10.0. The Kier molecular flexibility index (Phi) is 6.63. The standard InChI is InChI=1S/C27H22ClN3O4S/c1-2-34-18-9-7-17(8-10-18)31-25(24(30-27(31)36)21-5-3-4-14-29-21)23-13-12-22(35-23)19-15-16(26(32)33)6-11-20(19)28/h3-15,24-25H,2H2,1H3,(H,30,36)(H,32,33)/t24-,25-/m1/s1. The molecule has 1 aliphatic heterocycles. The van der Waals surface area contributed by atoms with Gasteiger partial charge in [-0.05, 0) is 85.9 Å². The van der Waals surface area contributed by atoms with Gasteiger partial charge < -0.3 is 24.5 Å². The number of rotatable bonds is 7. The van der Waals surface area contributed by atoms with Crippen molar-refractivity contribution in [3.05, 3.63) is 101 Å². The summed E-state index contributed by atoms with van der Waals surface area (Å²) >= 11 is 12.2. The van der Waals surface area contributed by atoms with E-state index in [1.54, 1.807) is 18.3 Å². The number of anilines is 1. The monoisotopic (exact) mass is 519 g/mol. The molecule has 0 aliphatic carbocycles. The van der Waals surface area contributed by atoms with E-state index in [2.05, 4.69) is 10.3 Å². The Morgan fingerprint density at radius 3 is 2.67 bits per heavy atom. The molecule has 1 saturated heterocycles. The van der Waals surface area contributed by atoms with Gasteiger partial charge >= 0.3 is 5.97 Å². The summed E-state index contributed by atoms with van der Waals surface area (Å²) in [6.07, 6.45) is 1.74. The molecule has 0 spiro atoms. The lowest BCUT2D eigenvalue weighted by Gasteiger charge is -2.26. The third kappa shape index (κ3) is 4.53. The van der Waals surface area contributed by atoms with Crippen molar-refractivity contribution in [3.63, 3.8) is 0 Å². The summed E-state index contributed by atoms with van der Waals surface area (Å²) in [4.78, 5) is 18.0. The number of pyridine rings is 1. The van der Waals surface area contributed by atoms with Gasteiger partial charge in [0.2, 0.25) is 0 Å². The summed E-state index contributed by atoms with van der Waals surface area (Å²) in [6.45, 7) is 2.52. The molecule has 0 saturated carbocycles. The van der Waals surface area contributed by atoms with Crippen LogP contribution in [0.4, 0.5) is 5.69 Å². The number of aromatic carboxylic acids is 1. The molecule has 2 aromatic carbocycles. The van der Waals surface area contributed by atoms with Gasteiger partial charge in [-0.3, -0.25) is 4.98 Å². The van der Waals surface area contributed by atoms with E-state index in [9.17, 15) is 9.90 Å². The minimum atomic E-state index is -1.04. The maximum absolute atomic E-state index is 11.5. The molecular formula is C27H22ClN3O4S. The van der Waals surface area contributed by atoms with E-state index in [1.807, 2.05) is 60.4 Å². The summed E-state index contributed by atoms with van der Waals surface area (Å²) < 4.78 is 11.9. The molecule has 5 rings (SSSR count). The van der Waals surface area contributed by atoms with E-state index in [1.165, 1.54) is 12.1 Å². The fraction of sp³-hybridized carbons (Fsp3) is 0.148. The molecule has 3 heterocycles. The third-order valence-corrected chi connectivity index (χ3v) is 6.57. The zero-order valence-electron chi connectivity index (χ0n) is 19.2. The molecule has 2 N–H and O–H groups in total. The molecule has 1 aliphatic rings. The first-order valence-corrected chi connectivity index (χ1v) is 12.1. The highest BCUT2D eigenvalue weighted by atomic mass is 35.5. The molecule has 1 fully saturated rings. The molecule has 7 nitrogen and oxygen atoms in total. The fourth-order valence-corrected chi connectivity index (χ4v) is 4.85. The van der Waals surface area contributed by atoms with Crippen LogP contribution in [0.15, 0.2) is 83.4 Å². The molecule has 2 aromatic heterocycles. The molecular weight excluding hydrogens is 498 g/mol. The minimum Gasteiger partial charge on any atom is -0.494 e. The van der Waals surface area contributed by atoms with Crippen LogP contribution in [0.2, 0.25) is 5.02 Å². The molecule has 0 radical (unpaired) electrons. The number of carboxylic acids is 1. The highest BCUT2D eigenvalue weighted by Crippen LogP contribution is 2.43. The fourth-order valence-electron chi connectivity index (χ4n) is 4.30. The average molecular weight is 520 g/mol. The number of hydrogen-bond donors (Lipinski definition) is 2. The van der Waals surface area contributed by atoms with Gasteiger partial charge in [-0.25, -0.2) is 4.79 Å². The first-order valence-electron chi connectivity index (χ1n) is 11.3. The number of hydrogen-bond acceptors (Lipinski definition) is 5. The summed E-state index contributed by atoms with van der Waals surface area (Å²) in [5.41, 5.74) is 2.29. The Labute approximate surface area is 218 Å². The maximum atomic E-state index is 11.5. The molecule has 2 atom stereocenters. The quantitative estimate of drug-likeness (QED) is 0.276. The van der Waals surface area contributed by atoms with Crippen molar-refractivity contribution in [1.82, 2.24) is 10.3 Å². The van der Waals surface area contributed by atoms with Gasteiger partial charge in [0.25, 0.3) is 0 Å². The van der Waals surface area contributed by atoms with Crippen molar-refractivity contribution in [1.29, 1.82) is 0 Å². The van der Waals surface area contributed by atoms with E-state index >= 15 is 0 Å². The molecule has 0 bridgehead atoms. The smallest absolute Gasteiger partial charge is 0.335 e. The SMILES string of the molecule is CCOc1ccc(N2C(=S)N[C@H](c3ccccn3)[C@H]2c2ccc(-c3cc(C(=O)O)ccc3Cl)o2)cc1. The van der Waals surface area contributed by atoms with Crippen molar-refractivity contribution in [2.75, 3.05) is 11.5 Å². The Hall–Kier alpha value is -3.88. The molecule has 4 aromatic rings. The van der Waals surface area contributed by atoms with E-state index < -0.39 is 5.97 Å². The van der Waals surface area contributed by atoms with Gasteiger partial charge in [-0.1, -0.05) is 17.7 Å². The third-order valence-electron chi connectivity index (χ3n) is 5.92. The van der Waals surface area contributed by atoms with Crippen LogP contribution >= 0.6 is 23.8 Å². The van der Waals surface area contributed by atoms with E-state index in [-0.39, 0.29) is 17.6 Å². The van der Waals surface area contributed by atoms with Crippen LogP contribution in [0, 0.1) is 0 Å². The van der Waals surface area contributed by atoms with Gasteiger partial charge in [0, 0.05) is 17.4 Å². The molecule has 9 heteroatoms. The molecule has 0 unspecified atom stereocenters. The highest BCUT2D eigenvalue weighted by Gasteiger charge is 2.42. The summed E-state index contributed by atoms with van der Waals surface area (Å²) in [5, 5.41) is 13.7. The van der Waals surface area contributed by atoms with Crippen LogP contribution in [-0.4, -0.2) is 27.8 Å². The number of halogens is 1. The Balaban J connectivity index is 1.58. The number of nitrogens with zero attached hydrogens (tertiary/aromatic N) is 2. The summed E-state index contributed by atoms with van der Waals surface area (Å²) in [7, 11) is 0. The van der Waals surface area contributed by atoms with Crippen molar-refractivity contribution in [3.8, 4) is 17.1 Å². The van der Waals surface area contributed by atoms with Gasteiger partial charge in [0.15, 0.2) is 5.11 Å². The van der Waals surface area contributed by atoms with Gasteiger partial charge in [-0.2, -0.15) is 0 Å². The molecule has 36 heavy (non-hydrogen) atoms. The second kappa shape index (κ2) is 10.0. The lowest BCUT2D eigenvalue weighted by Crippen LogP contribution is -2.29. The topological polar surface area (TPSA) is 87.8 Å². The summed E-state index contributed by atoms with van der Waals surface area (Å²) in [6, 6.07) is 20.9. The Morgan fingerprint density at radius 1 is 1.17 bits per heavy atom. The van der Waals surface area contributed by atoms with E-state index in [0.717, 1.165) is 17.1 Å². The number of furan rings is 1. The van der Waals surface area contributed by atoms with Crippen molar-refractivity contribution in [2.45, 2.75) is 19.0 Å².